The van der Waals surface area contributed by atoms with E-state index in [0.717, 1.165) is 44.5 Å². The maximum absolute atomic E-state index is 11.7. The van der Waals surface area contributed by atoms with Crippen LogP contribution < -0.4 is 0 Å². The molecular weight excluding hydrogens is 776 g/mol. The molecule has 0 spiro atoms. The van der Waals surface area contributed by atoms with Crippen molar-refractivity contribution in [1.29, 1.82) is 0 Å². The third kappa shape index (κ3) is 7.31. The van der Waals surface area contributed by atoms with Crippen LogP contribution in [0.1, 0.15) is 97.4 Å². The molecular formula is C36H36Br2N4O8. The normalized spacial score (nSPS) is 12.9. The summed E-state index contributed by atoms with van der Waals surface area (Å²) in [6.45, 7) is 7.50. The lowest BCUT2D eigenvalue weighted by molar-refractivity contribution is -0.138. The Kier molecular flexibility index (Phi) is 10.8. The van der Waals surface area contributed by atoms with Crippen molar-refractivity contribution in [1.82, 2.24) is 19.9 Å². The second kappa shape index (κ2) is 14.7. The Bertz CT molecular complexity index is 2210. The number of rotatable bonds is 12. The predicted molar refractivity (Wildman–Crippen MR) is 197 cm³/mol. The van der Waals surface area contributed by atoms with Crippen LogP contribution in [-0.4, -0.2) is 64.2 Å². The van der Waals surface area contributed by atoms with E-state index in [2.05, 4.69) is 41.8 Å². The number of nitrogens with one attached hydrogen (secondary N) is 2. The van der Waals surface area contributed by atoms with Crippen molar-refractivity contribution in [2.24, 2.45) is 0 Å². The Balaban J connectivity index is 1.99. The highest BCUT2D eigenvalue weighted by molar-refractivity contribution is 9.11. The van der Waals surface area contributed by atoms with Crippen molar-refractivity contribution in [3.63, 3.8) is 0 Å². The number of halogens is 2. The molecule has 3 aromatic rings. The SMILES string of the molecule is CC1=C(CCC(=O)O)c2nc1cc1[nH]c(cc3nc(c(Br)c4[nH]c(c(C)c4CCC(=O)O)c2Br)C(C)=C3CCC(=O)O)c(C)c1CCC(=O)O. The number of carbonyl (C=O) groups is 4. The molecule has 0 aromatic carbocycles. The largest absolute Gasteiger partial charge is 0.481 e. The fraction of sp³-hybridized carbons (Fsp3) is 0.333. The zero-order valence-electron chi connectivity index (χ0n) is 27.9. The summed E-state index contributed by atoms with van der Waals surface area (Å²) in [7, 11) is 0. The van der Waals surface area contributed by atoms with Gasteiger partial charge < -0.3 is 30.4 Å². The van der Waals surface area contributed by atoms with Gasteiger partial charge >= 0.3 is 23.9 Å². The van der Waals surface area contributed by atoms with Crippen molar-refractivity contribution in [2.45, 2.75) is 79.1 Å². The number of fused-ring (bicyclic) bond motifs is 8. The number of aliphatic carboxylic acids is 4. The number of aromatic amines is 2. The molecule has 8 bridgehead atoms. The molecule has 14 heteroatoms. The van der Waals surface area contributed by atoms with Crippen LogP contribution in [0.25, 0.3) is 44.4 Å². The maximum atomic E-state index is 11.7. The highest BCUT2D eigenvalue weighted by atomic mass is 79.9. The minimum Gasteiger partial charge on any atom is -0.481 e. The van der Waals surface area contributed by atoms with Crippen molar-refractivity contribution < 1.29 is 39.6 Å². The molecule has 5 rings (SSSR count). The molecule has 3 aromatic heterocycles. The van der Waals surface area contributed by atoms with Crippen LogP contribution in [0.5, 0.6) is 0 Å². The maximum Gasteiger partial charge on any atom is 0.303 e. The van der Waals surface area contributed by atoms with E-state index in [9.17, 15) is 39.6 Å². The summed E-state index contributed by atoms with van der Waals surface area (Å²) < 4.78 is 1.12. The van der Waals surface area contributed by atoms with Gasteiger partial charge in [-0.15, -0.1) is 0 Å². The van der Waals surface area contributed by atoms with Crippen LogP contribution in [0.3, 0.4) is 0 Å². The van der Waals surface area contributed by atoms with Gasteiger partial charge in [-0.2, -0.15) is 0 Å². The van der Waals surface area contributed by atoms with Crippen LogP contribution in [0.2, 0.25) is 0 Å². The lowest BCUT2D eigenvalue weighted by atomic mass is 9.99. The van der Waals surface area contributed by atoms with Crippen LogP contribution in [0.4, 0.5) is 0 Å². The number of carboxylic acids is 4. The second-order valence-corrected chi connectivity index (χ2v) is 14.0. The van der Waals surface area contributed by atoms with Gasteiger partial charge in [0.25, 0.3) is 0 Å². The molecule has 50 heavy (non-hydrogen) atoms. The zero-order chi connectivity index (χ0) is 36.6. The van der Waals surface area contributed by atoms with Gasteiger partial charge in [-0.05, 0) is 142 Å². The van der Waals surface area contributed by atoms with Gasteiger partial charge in [0.1, 0.15) is 0 Å². The quantitative estimate of drug-likeness (QED) is 0.104. The first-order valence-electron chi connectivity index (χ1n) is 16.0. The van der Waals surface area contributed by atoms with Crippen molar-refractivity contribution >= 4 is 100 Å². The van der Waals surface area contributed by atoms with Gasteiger partial charge in [-0.3, -0.25) is 19.2 Å². The minimum atomic E-state index is -0.959. The number of hydrogen-bond acceptors (Lipinski definition) is 6. The third-order valence-electron chi connectivity index (χ3n) is 9.31. The number of H-pyrrole nitrogens is 2. The number of aryl methyl sites for hydroxylation is 4. The molecule has 0 aliphatic carbocycles. The molecule has 0 atom stereocenters. The van der Waals surface area contributed by atoms with Crippen molar-refractivity contribution in [3.05, 3.63) is 66.1 Å². The molecule has 0 saturated carbocycles. The monoisotopic (exact) mass is 810 g/mol. The van der Waals surface area contributed by atoms with Gasteiger partial charge in [-0.1, -0.05) is 0 Å². The summed E-state index contributed by atoms with van der Waals surface area (Å²) in [4.78, 5) is 63.7. The first kappa shape index (κ1) is 36.7. The molecule has 6 N–H and O–H groups in total. The van der Waals surface area contributed by atoms with Crippen LogP contribution in [0, 0.1) is 13.8 Å². The fourth-order valence-electron chi connectivity index (χ4n) is 6.55. The summed E-state index contributed by atoms with van der Waals surface area (Å²) in [6.07, 6.45) is 0.362. The van der Waals surface area contributed by atoms with Crippen LogP contribution in [0.15, 0.2) is 21.1 Å². The Morgan fingerprint density at radius 3 is 1.68 bits per heavy atom. The van der Waals surface area contributed by atoms with E-state index >= 15 is 0 Å². The van der Waals surface area contributed by atoms with Gasteiger partial charge in [-0.25, -0.2) is 9.97 Å². The van der Waals surface area contributed by atoms with Gasteiger partial charge in [0, 0.05) is 36.7 Å². The number of nitrogens with zero attached hydrogens (tertiary/aromatic N) is 2. The van der Waals surface area contributed by atoms with E-state index in [4.69, 9.17) is 9.97 Å². The lowest BCUT2D eigenvalue weighted by Crippen LogP contribution is -1.98. The van der Waals surface area contributed by atoms with Gasteiger partial charge in [0.2, 0.25) is 0 Å². The summed E-state index contributed by atoms with van der Waals surface area (Å²) in [5.41, 5.74) is 10.8. The summed E-state index contributed by atoms with van der Waals surface area (Å²) in [5.74, 6) is -3.82. The Hall–Kier alpha value is -4.56. The number of aromatic nitrogens is 4. The number of carboxylic acid groups (broad SMARTS) is 4. The van der Waals surface area contributed by atoms with Crippen molar-refractivity contribution in [2.75, 3.05) is 0 Å². The van der Waals surface area contributed by atoms with E-state index in [1.165, 1.54) is 0 Å². The molecule has 5 heterocycles. The van der Waals surface area contributed by atoms with Gasteiger partial charge in [0.05, 0.1) is 42.8 Å². The molecule has 12 nitrogen and oxygen atoms in total. The highest BCUT2D eigenvalue weighted by Gasteiger charge is 2.26. The van der Waals surface area contributed by atoms with Crippen molar-refractivity contribution in [3.8, 4) is 0 Å². The summed E-state index contributed by atoms with van der Waals surface area (Å²) in [6, 6.07) is 3.68. The fourth-order valence-corrected chi connectivity index (χ4v) is 7.99. The molecule has 2 aliphatic heterocycles. The predicted octanol–water partition coefficient (Wildman–Crippen LogP) is 8.08. The molecule has 0 unspecified atom stereocenters. The standard InChI is InChI=1S/C36H36Br2N4O8/c1-15-19(5-9-27(43)44)25-14-24-16(2)21(7-11-29(47)48)35(40-24)32(38)34-18(4)22(8-12-30(49)50)36(42-34)31(37)33-17(3)20(6-10-28(45)46)26(41-33)13-23(15)39-25/h13-14,39,42H,5-12H2,1-4H3,(H,43,44)(H,45,46)(H,47,48)(H,49,50). The van der Waals surface area contributed by atoms with Crippen LogP contribution in [-0.2, 0) is 32.0 Å². The van der Waals surface area contributed by atoms with Crippen LogP contribution >= 0.6 is 31.9 Å². The molecule has 0 amide bonds. The van der Waals surface area contributed by atoms with E-state index in [1.807, 2.05) is 39.8 Å². The Morgan fingerprint density at radius 2 is 1.08 bits per heavy atom. The van der Waals surface area contributed by atoms with E-state index in [0.29, 0.717) is 53.8 Å². The molecule has 262 valence electrons. The minimum absolute atomic E-state index is 0.108. The molecule has 0 radical (unpaired) electrons. The first-order valence-corrected chi connectivity index (χ1v) is 17.6. The molecule has 0 fully saturated rings. The number of hydrogen-bond donors (Lipinski definition) is 6. The average molecular weight is 813 g/mol. The topological polar surface area (TPSA) is 207 Å². The first-order chi connectivity index (χ1) is 23.6. The summed E-state index contributed by atoms with van der Waals surface area (Å²) in [5, 5.41) is 38.3. The van der Waals surface area contributed by atoms with Gasteiger partial charge in [0.15, 0.2) is 0 Å². The smallest absolute Gasteiger partial charge is 0.303 e. The Labute approximate surface area is 303 Å². The molecule has 2 aliphatic rings. The highest BCUT2D eigenvalue weighted by Crippen LogP contribution is 2.42. The molecule has 0 saturated heterocycles. The average Bonchev–Trinajstić information content (AvgIpc) is 3.73. The number of allylic oxidation sites excluding steroid dienone is 4. The van der Waals surface area contributed by atoms with E-state index < -0.39 is 23.9 Å². The third-order valence-corrected chi connectivity index (χ3v) is 10.9. The second-order valence-electron chi connectivity index (χ2n) is 12.4. The summed E-state index contributed by atoms with van der Waals surface area (Å²) >= 11 is 7.55. The van der Waals surface area contributed by atoms with E-state index in [1.54, 1.807) is 0 Å². The lowest BCUT2D eigenvalue weighted by Gasteiger charge is -2.05. The zero-order valence-corrected chi connectivity index (χ0v) is 31.1. The Morgan fingerprint density at radius 1 is 0.580 bits per heavy atom. The van der Waals surface area contributed by atoms with E-state index in [-0.39, 0.29) is 51.4 Å².